The number of rotatable bonds is 6. The van der Waals surface area contributed by atoms with Crippen LogP contribution in [0.1, 0.15) is 37.8 Å². The minimum absolute atomic E-state index is 0.0519. The first-order valence-corrected chi connectivity index (χ1v) is 7.76. The predicted octanol–water partition coefficient (Wildman–Crippen LogP) is 3.99. The third-order valence-electron chi connectivity index (χ3n) is 3.36. The van der Waals surface area contributed by atoms with Gasteiger partial charge in [0.2, 0.25) is 0 Å². The van der Waals surface area contributed by atoms with Crippen LogP contribution in [0.4, 0.5) is 0 Å². The summed E-state index contributed by atoms with van der Waals surface area (Å²) in [5.74, 6) is 0. The van der Waals surface area contributed by atoms with E-state index in [1.165, 1.54) is 10.6 Å². The molecular weight excluding hydrogens is 252 g/mol. The van der Waals surface area contributed by atoms with E-state index >= 15 is 0 Å². The van der Waals surface area contributed by atoms with E-state index in [-0.39, 0.29) is 5.54 Å². The SMILES string of the molecule is CCC(Cc1ccccc1)(NC(C)C)c1nccs1. The number of benzene rings is 1. The molecule has 2 rings (SSSR count). The first-order chi connectivity index (χ1) is 9.16. The van der Waals surface area contributed by atoms with Crippen LogP contribution in [0.25, 0.3) is 0 Å². The van der Waals surface area contributed by atoms with Gasteiger partial charge >= 0.3 is 0 Å². The van der Waals surface area contributed by atoms with E-state index in [9.17, 15) is 0 Å². The normalized spacial score (nSPS) is 14.5. The molecule has 19 heavy (non-hydrogen) atoms. The van der Waals surface area contributed by atoms with Crippen molar-refractivity contribution in [2.45, 2.75) is 45.2 Å². The van der Waals surface area contributed by atoms with Gasteiger partial charge in [0.25, 0.3) is 0 Å². The van der Waals surface area contributed by atoms with Crippen LogP contribution in [0.3, 0.4) is 0 Å². The van der Waals surface area contributed by atoms with E-state index in [1.807, 2.05) is 6.20 Å². The van der Waals surface area contributed by atoms with Crippen LogP contribution in [-0.2, 0) is 12.0 Å². The molecule has 0 radical (unpaired) electrons. The second-order valence-corrected chi connectivity index (χ2v) is 6.13. The van der Waals surface area contributed by atoms with Crippen LogP contribution < -0.4 is 5.32 Å². The Labute approximate surface area is 119 Å². The first kappa shape index (κ1) is 14.2. The Morgan fingerprint density at radius 3 is 2.53 bits per heavy atom. The van der Waals surface area contributed by atoms with Gasteiger partial charge in [-0.15, -0.1) is 11.3 Å². The van der Waals surface area contributed by atoms with Crippen LogP contribution in [0.2, 0.25) is 0 Å². The van der Waals surface area contributed by atoms with Gasteiger partial charge in [-0.25, -0.2) is 4.98 Å². The molecule has 0 aliphatic heterocycles. The summed E-state index contributed by atoms with van der Waals surface area (Å²) in [5.41, 5.74) is 1.30. The monoisotopic (exact) mass is 274 g/mol. The number of hydrogen-bond acceptors (Lipinski definition) is 3. The summed E-state index contributed by atoms with van der Waals surface area (Å²) in [7, 11) is 0. The largest absolute Gasteiger partial charge is 0.303 e. The molecule has 0 spiro atoms. The fraction of sp³-hybridized carbons (Fsp3) is 0.438. The fourth-order valence-electron chi connectivity index (χ4n) is 2.52. The molecule has 0 amide bonds. The molecule has 0 saturated heterocycles. The second kappa shape index (κ2) is 6.31. The number of hydrogen-bond donors (Lipinski definition) is 1. The van der Waals surface area contributed by atoms with Crippen LogP contribution in [0, 0.1) is 0 Å². The zero-order chi connectivity index (χ0) is 13.7. The summed E-state index contributed by atoms with van der Waals surface area (Å²) in [6, 6.07) is 11.1. The minimum Gasteiger partial charge on any atom is -0.303 e. The van der Waals surface area contributed by atoms with Crippen LogP contribution in [0.5, 0.6) is 0 Å². The number of nitrogens with one attached hydrogen (secondary N) is 1. The summed E-state index contributed by atoms with van der Waals surface area (Å²) in [5, 5.41) is 6.99. The van der Waals surface area contributed by atoms with Gasteiger partial charge in [-0.3, -0.25) is 0 Å². The van der Waals surface area contributed by atoms with E-state index < -0.39 is 0 Å². The third-order valence-corrected chi connectivity index (χ3v) is 4.34. The summed E-state index contributed by atoms with van der Waals surface area (Å²) >= 11 is 1.74. The quantitative estimate of drug-likeness (QED) is 0.861. The molecule has 1 unspecified atom stereocenters. The first-order valence-electron chi connectivity index (χ1n) is 6.88. The third kappa shape index (κ3) is 3.43. The van der Waals surface area contributed by atoms with Crippen molar-refractivity contribution in [3.05, 3.63) is 52.5 Å². The standard InChI is InChI=1S/C16H22N2S/c1-4-16(18-13(2)3,15-17-10-11-19-15)12-14-8-6-5-7-9-14/h5-11,13,18H,4,12H2,1-3H3. The number of thiazole rings is 1. The molecule has 1 aromatic carbocycles. The Bertz CT molecular complexity index is 479. The topological polar surface area (TPSA) is 24.9 Å². The zero-order valence-electron chi connectivity index (χ0n) is 11.9. The molecule has 2 nitrogen and oxygen atoms in total. The lowest BCUT2D eigenvalue weighted by atomic mass is 9.88. The molecular formula is C16H22N2S. The van der Waals surface area contributed by atoms with Crippen LogP contribution in [-0.4, -0.2) is 11.0 Å². The highest BCUT2D eigenvalue weighted by atomic mass is 32.1. The van der Waals surface area contributed by atoms with Crippen molar-refractivity contribution in [2.24, 2.45) is 0 Å². The molecule has 102 valence electrons. The highest BCUT2D eigenvalue weighted by Crippen LogP contribution is 2.31. The van der Waals surface area contributed by atoms with Crippen molar-refractivity contribution in [1.82, 2.24) is 10.3 Å². The molecule has 1 heterocycles. The molecule has 0 aliphatic carbocycles. The molecule has 1 atom stereocenters. The molecule has 1 N–H and O–H groups in total. The number of aromatic nitrogens is 1. The van der Waals surface area contributed by atoms with E-state index in [4.69, 9.17) is 0 Å². The van der Waals surface area contributed by atoms with Gasteiger partial charge < -0.3 is 5.32 Å². The lowest BCUT2D eigenvalue weighted by Crippen LogP contribution is -2.47. The van der Waals surface area contributed by atoms with Crippen molar-refractivity contribution in [2.75, 3.05) is 0 Å². The Balaban J connectivity index is 2.33. The van der Waals surface area contributed by atoms with Gasteiger partial charge in [0.1, 0.15) is 5.01 Å². The maximum Gasteiger partial charge on any atom is 0.113 e. The lowest BCUT2D eigenvalue weighted by molar-refractivity contribution is 0.289. The summed E-state index contributed by atoms with van der Waals surface area (Å²) < 4.78 is 0. The highest BCUT2D eigenvalue weighted by molar-refractivity contribution is 7.09. The van der Waals surface area contributed by atoms with Crippen LogP contribution >= 0.6 is 11.3 Å². The van der Waals surface area contributed by atoms with Gasteiger partial charge in [0, 0.05) is 17.6 Å². The van der Waals surface area contributed by atoms with Gasteiger partial charge in [-0.05, 0) is 32.3 Å². The van der Waals surface area contributed by atoms with Gasteiger partial charge in [0.15, 0.2) is 0 Å². The van der Waals surface area contributed by atoms with Crippen LogP contribution in [0.15, 0.2) is 41.9 Å². The molecule has 2 aromatic rings. The van der Waals surface area contributed by atoms with E-state index in [0.29, 0.717) is 6.04 Å². The predicted molar refractivity (Wildman–Crippen MR) is 82.5 cm³/mol. The molecule has 3 heteroatoms. The van der Waals surface area contributed by atoms with Crippen molar-refractivity contribution >= 4 is 11.3 Å². The summed E-state index contributed by atoms with van der Waals surface area (Å²) in [4.78, 5) is 4.56. The Hall–Kier alpha value is -1.19. The van der Waals surface area contributed by atoms with Gasteiger partial charge in [-0.2, -0.15) is 0 Å². The molecule has 0 aliphatic rings. The maximum absolute atomic E-state index is 4.56. The molecule has 0 bridgehead atoms. The minimum atomic E-state index is -0.0519. The average molecular weight is 274 g/mol. The summed E-state index contributed by atoms with van der Waals surface area (Å²) in [6.07, 6.45) is 3.92. The summed E-state index contributed by atoms with van der Waals surface area (Å²) in [6.45, 7) is 6.63. The van der Waals surface area contributed by atoms with Crippen molar-refractivity contribution in [1.29, 1.82) is 0 Å². The zero-order valence-corrected chi connectivity index (χ0v) is 12.7. The fourth-order valence-corrected chi connectivity index (χ4v) is 3.40. The van der Waals surface area contributed by atoms with Gasteiger partial charge in [0.05, 0.1) is 5.54 Å². The highest BCUT2D eigenvalue weighted by Gasteiger charge is 2.33. The average Bonchev–Trinajstić information content (AvgIpc) is 2.93. The molecule has 0 fully saturated rings. The molecule has 1 aromatic heterocycles. The van der Waals surface area contributed by atoms with E-state index in [1.54, 1.807) is 11.3 Å². The smallest absolute Gasteiger partial charge is 0.113 e. The maximum atomic E-state index is 4.56. The number of nitrogens with zero attached hydrogens (tertiary/aromatic N) is 1. The lowest BCUT2D eigenvalue weighted by Gasteiger charge is -2.34. The Kier molecular flexibility index (Phi) is 4.72. The van der Waals surface area contributed by atoms with Gasteiger partial charge in [-0.1, -0.05) is 37.3 Å². The second-order valence-electron chi connectivity index (χ2n) is 5.23. The Morgan fingerprint density at radius 2 is 2.00 bits per heavy atom. The van der Waals surface area contributed by atoms with Crippen molar-refractivity contribution in [3.63, 3.8) is 0 Å². The van der Waals surface area contributed by atoms with E-state index in [2.05, 4.69) is 66.8 Å². The van der Waals surface area contributed by atoms with Crippen molar-refractivity contribution < 1.29 is 0 Å². The Morgan fingerprint density at radius 1 is 1.26 bits per heavy atom. The molecule has 0 saturated carbocycles. The van der Waals surface area contributed by atoms with Crippen molar-refractivity contribution in [3.8, 4) is 0 Å². The van der Waals surface area contributed by atoms with E-state index in [0.717, 1.165) is 12.8 Å².